The maximum Gasteiger partial charge on any atom is 0.260 e. The molecule has 1 N–H and O–H groups in total. The number of para-hydroxylation sites is 1. The predicted molar refractivity (Wildman–Crippen MR) is 113 cm³/mol. The van der Waals surface area contributed by atoms with Crippen molar-refractivity contribution < 1.29 is 18.8 Å². The van der Waals surface area contributed by atoms with Crippen molar-refractivity contribution in [2.75, 3.05) is 19.5 Å². The number of anilines is 1. The molecule has 1 heterocycles. The largest absolute Gasteiger partial charge is 0.493 e. The summed E-state index contributed by atoms with van der Waals surface area (Å²) in [7, 11) is 3.07. The minimum Gasteiger partial charge on any atom is -0.493 e. The molecule has 0 radical (unpaired) electrons. The van der Waals surface area contributed by atoms with Crippen molar-refractivity contribution in [2.45, 2.75) is 0 Å². The lowest BCUT2D eigenvalue weighted by atomic mass is 10.1. The zero-order chi connectivity index (χ0) is 20.9. The Balaban J connectivity index is 1.62. The van der Waals surface area contributed by atoms with Gasteiger partial charge in [-0.05, 0) is 30.3 Å². The Morgan fingerprint density at radius 1 is 0.900 bits per heavy atom. The molecule has 0 aliphatic carbocycles. The summed E-state index contributed by atoms with van der Waals surface area (Å²) < 4.78 is 15.9. The maximum atomic E-state index is 12.8. The van der Waals surface area contributed by atoms with Crippen LogP contribution in [0.15, 0.2) is 77.3 Å². The van der Waals surface area contributed by atoms with Crippen LogP contribution in [0.25, 0.3) is 22.8 Å². The number of hydrogen-bond acceptors (Lipinski definition) is 6. The minimum absolute atomic E-state index is 0.300. The third-order valence-electron chi connectivity index (χ3n) is 4.51. The van der Waals surface area contributed by atoms with Crippen molar-refractivity contribution in [2.24, 2.45) is 0 Å². The number of rotatable bonds is 6. The first kappa shape index (κ1) is 19.2. The molecule has 4 rings (SSSR count). The average molecular weight is 401 g/mol. The van der Waals surface area contributed by atoms with E-state index in [9.17, 15) is 4.79 Å². The average Bonchev–Trinajstić information content (AvgIpc) is 3.29. The van der Waals surface area contributed by atoms with Gasteiger partial charge in [-0.15, -0.1) is 0 Å². The zero-order valence-corrected chi connectivity index (χ0v) is 16.5. The Bertz CT molecular complexity index is 1170. The molecule has 150 valence electrons. The summed E-state index contributed by atoms with van der Waals surface area (Å²) in [6.45, 7) is 0. The van der Waals surface area contributed by atoms with Crippen LogP contribution >= 0.6 is 0 Å². The molecule has 0 fully saturated rings. The highest BCUT2D eigenvalue weighted by Crippen LogP contribution is 2.30. The molecule has 0 saturated heterocycles. The fourth-order valence-corrected chi connectivity index (χ4v) is 2.99. The first-order valence-electron chi connectivity index (χ1n) is 9.21. The van der Waals surface area contributed by atoms with Gasteiger partial charge < -0.3 is 19.3 Å². The van der Waals surface area contributed by atoms with Crippen molar-refractivity contribution in [1.29, 1.82) is 0 Å². The van der Waals surface area contributed by atoms with Crippen LogP contribution in [0, 0.1) is 0 Å². The summed E-state index contributed by atoms with van der Waals surface area (Å²) in [5.74, 6) is 1.52. The smallest absolute Gasteiger partial charge is 0.260 e. The molecule has 7 heteroatoms. The first-order valence-corrected chi connectivity index (χ1v) is 9.21. The van der Waals surface area contributed by atoms with Crippen LogP contribution in [0.5, 0.6) is 11.5 Å². The molecule has 0 atom stereocenters. The van der Waals surface area contributed by atoms with Crippen molar-refractivity contribution in [3.8, 4) is 34.3 Å². The second-order valence-corrected chi connectivity index (χ2v) is 6.36. The number of amides is 1. The van der Waals surface area contributed by atoms with E-state index in [1.165, 1.54) is 7.11 Å². The molecule has 0 spiro atoms. The van der Waals surface area contributed by atoms with Gasteiger partial charge >= 0.3 is 0 Å². The zero-order valence-electron chi connectivity index (χ0n) is 16.5. The van der Waals surface area contributed by atoms with Crippen LogP contribution in [0.1, 0.15) is 10.4 Å². The number of benzene rings is 3. The normalized spacial score (nSPS) is 10.5. The first-order chi connectivity index (χ1) is 14.7. The highest BCUT2D eigenvalue weighted by atomic mass is 16.5. The monoisotopic (exact) mass is 401 g/mol. The second-order valence-electron chi connectivity index (χ2n) is 6.36. The number of methoxy groups -OCH3 is 2. The molecule has 4 aromatic rings. The Morgan fingerprint density at radius 2 is 1.63 bits per heavy atom. The number of ether oxygens (including phenoxy) is 2. The summed E-state index contributed by atoms with van der Waals surface area (Å²) in [6, 6.07) is 21.8. The van der Waals surface area contributed by atoms with Crippen LogP contribution in [-0.2, 0) is 0 Å². The topological polar surface area (TPSA) is 86.5 Å². The SMILES string of the molecule is COc1ccc(C(=O)Nc2ccccc2-c2nc(-c3ccccc3)no2)cc1OC. The van der Waals surface area contributed by atoms with Gasteiger partial charge in [0.1, 0.15) is 0 Å². The summed E-state index contributed by atoms with van der Waals surface area (Å²) in [5.41, 5.74) is 2.46. The van der Waals surface area contributed by atoms with E-state index in [1.54, 1.807) is 31.4 Å². The van der Waals surface area contributed by atoms with E-state index in [1.807, 2.05) is 48.5 Å². The van der Waals surface area contributed by atoms with E-state index in [2.05, 4.69) is 15.5 Å². The summed E-state index contributed by atoms with van der Waals surface area (Å²) in [4.78, 5) is 17.3. The molecule has 7 nitrogen and oxygen atoms in total. The van der Waals surface area contributed by atoms with Gasteiger partial charge in [0.25, 0.3) is 11.8 Å². The van der Waals surface area contributed by atoms with E-state index < -0.39 is 0 Å². The summed E-state index contributed by atoms with van der Waals surface area (Å²) in [5, 5.41) is 6.95. The molecule has 0 unspecified atom stereocenters. The number of hydrogen-bond donors (Lipinski definition) is 1. The molecule has 30 heavy (non-hydrogen) atoms. The van der Waals surface area contributed by atoms with Crippen molar-refractivity contribution in [3.63, 3.8) is 0 Å². The van der Waals surface area contributed by atoms with Crippen molar-refractivity contribution >= 4 is 11.6 Å². The van der Waals surface area contributed by atoms with Gasteiger partial charge in [-0.3, -0.25) is 4.79 Å². The van der Waals surface area contributed by atoms with Crippen LogP contribution in [0.4, 0.5) is 5.69 Å². The lowest BCUT2D eigenvalue weighted by Crippen LogP contribution is -2.13. The van der Waals surface area contributed by atoms with E-state index in [4.69, 9.17) is 14.0 Å². The third kappa shape index (κ3) is 3.86. The molecule has 0 aliphatic rings. The maximum absolute atomic E-state index is 12.8. The molecule has 1 amide bonds. The Hall–Kier alpha value is -4.13. The Morgan fingerprint density at radius 3 is 2.40 bits per heavy atom. The third-order valence-corrected chi connectivity index (χ3v) is 4.51. The van der Waals surface area contributed by atoms with E-state index in [0.717, 1.165) is 5.56 Å². The molecule has 3 aromatic carbocycles. The van der Waals surface area contributed by atoms with Gasteiger partial charge in [0, 0.05) is 11.1 Å². The van der Waals surface area contributed by atoms with Gasteiger partial charge in [-0.25, -0.2) is 0 Å². The Kier molecular flexibility index (Phi) is 5.43. The van der Waals surface area contributed by atoms with Crippen LogP contribution in [-0.4, -0.2) is 30.3 Å². The summed E-state index contributed by atoms with van der Waals surface area (Å²) in [6.07, 6.45) is 0. The van der Waals surface area contributed by atoms with E-state index >= 15 is 0 Å². The van der Waals surface area contributed by atoms with Crippen molar-refractivity contribution in [3.05, 3.63) is 78.4 Å². The van der Waals surface area contributed by atoms with Crippen LogP contribution in [0.3, 0.4) is 0 Å². The highest BCUT2D eigenvalue weighted by Gasteiger charge is 2.17. The molecule has 1 aromatic heterocycles. The molecule has 0 bridgehead atoms. The number of carbonyl (C=O) groups is 1. The number of aromatic nitrogens is 2. The Labute approximate surface area is 173 Å². The standard InChI is InChI=1S/C23H19N3O4/c1-28-19-13-12-16(14-20(19)29-2)22(27)24-18-11-7-6-10-17(18)23-25-21(26-30-23)15-8-4-3-5-9-15/h3-14H,1-2H3,(H,24,27). The predicted octanol–water partition coefficient (Wildman–Crippen LogP) is 4.67. The van der Waals surface area contributed by atoms with Gasteiger partial charge in [0.15, 0.2) is 11.5 Å². The van der Waals surface area contributed by atoms with Crippen LogP contribution in [0.2, 0.25) is 0 Å². The van der Waals surface area contributed by atoms with Gasteiger partial charge in [0.2, 0.25) is 5.82 Å². The van der Waals surface area contributed by atoms with E-state index in [0.29, 0.717) is 40.0 Å². The van der Waals surface area contributed by atoms with Crippen molar-refractivity contribution in [1.82, 2.24) is 10.1 Å². The fourth-order valence-electron chi connectivity index (χ4n) is 2.99. The molecule has 0 aliphatic heterocycles. The second kappa shape index (κ2) is 8.48. The molecule has 0 saturated carbocycles. The molecular formula is C23H19N3O4. The molecular weight excluding hydrogens is 382 g/mol. The number of carbonyl (C=O) groups excluding carboxylic acids is 1. The highest BCUT2D eigenvalue weighted by molar-refractivity contribution is 6.06. The quantitative estimate of drug-likeness (QED) is 0.505. The lowest BCUT2D eigenvalue weighted by molar-refractivity contribution is 0.102. The number of nitrogens with zero attached hydrogens (tertiary/aromatic N) is 2. The van der Waals surface area contributed by atoms with Gasteiger partial charge in [0.05, 0.1) is 25.5 Å². The van der Waals surface area contributed by atoms with Gasteiger partial charge in [-0.1, -0.05) is 47.6 Å². The van der Waals surface area contributed by atoms with E-state index in [-0.39, 0.29) is 5.91 Å². The number of nitrogens with one attached hydrogen (secondary N) is 1. The lowest BCUT2D eigenvalue weighted by Gasteiger charge is -2.11. The fraction of sp³-hybridized carbons (Fsp3) is 0.0870. The van der Waals surface area contributed by atoms with Gasteiger partial charge in [-0.2, -0.15) is 4.98 Å². The summed E-state index contributed by atoms with van der Waals surface area (Å²) >= 11 is 0. The minimum atomic E-state index is -0.300. The van der Waals surface area contributed by atoms with Crippen LogP contribution < -0.4 is 14.8 Å².